The van der Waals surface area contributed by atoms with E-state index < -0.39 is 0 Å². The van der Waals surface area contributed by atoms with E-state index in [1.54, 1.807) is 0 Å². The third kappa shape index (κ3) is 1.54. The molecule has 0 saturated heterocycles. The number of nitriles is 1. The third-order valence-corrected chi connectivity index (χ3v) is 1.84. The fraction of sp³-hybridized carbons (Fsp3) is 0.182. The minimum atomic E-state index is 0.461. The normalized spacial score (nSPS) is 11.2. The van der Waals surface area contributed by atoms with E-state index in [-0.39, 0.29) is 0 Å². The zero-order valence-electron chi connectivity index (χ0n) is 7.17. The number of benzene rings is 1. The Morgan fingerprint density at radius 2 is 2.33 bits per heavy atom. The van der Waals surface area contributed by atoms with Crippen molar-refractivity contribution in [1.82, 2.24) is 0 Å². The third-order valence-electron chi connectivity index (χ3n) is 1.84. The van der Waals surface area contributed by atoms with E-state index in [1.165, 1.54) is 0 Å². The Morgan fingerprint density at radius 3 is 2.92 bits per heavy atom. The Bertz CT molecular complexity index is 410. The topological polar surface area (TPSA) is 23.8 Å². The average molecular weight is 157 g/mol. The molecule has 60 valence electrons. The second-order valence-corrected chi connectivity index (χ2v) is 2.61. The van der Waals surface area contributed by atoms with Crippen LogP contribution < -0.4 is 10.4 Å². The first-order valence-corrected chi connectivity index (χ1v) is 3.89. The molecule has 1 heteroatoms. The molecule has 0 saturated carbocycles. The van der Waals surface area contributed by atoms with E-state index in [9.17, 15) is 0 Å². The summed E-state index contributed by atoms with van der Waals surface area (Å²) < 4.78 is 0. The smallest absolute Gasteiger partial charge is 0.0669 e. The van der Waals surface area contributed by atoms with E-state index in [1.807, 2.05) is 31.2 Å². The predicted molar refractivity (Wildman–Crippen MR) is 50.7 cm³/mol. The highest BCUT2D eigenvalue weighted by atomic mass is 14.2. The fourth-order valence-corrected chi connectivity index (χ4v) is 1.28. The molecular formula is C11H11N. The van der Waals surface area contributed by atoms with Gasteiger partial charge in [0.15, 0.2) is 0 Å². The SMILES string of the molecule is C=c1cccc(CC#N)c1=CC. The van der Waals surface area contributed by atoms with E-state index >= 15 is 0 Å². The molecule has 0 heterocycles. The fourth-order valence-electron chi connectivity index (χ4n) is 1.28. The molecule has 0 aliphatic rings. The second-order valence-electron chi connectivity index (χ2n) is 2.61. The standard InChI is InChI=1S/C11H11N/c1-3-11-9(2)5-4-6-10(11)7-8-12/h3-6H,2,7H2,1H3. The van der Waals surface area contributed by atoms with Crippen LogP contribution in [0, 0.1) is 11.3 Å². The molecule has 0 aromatic heterocycles. The Morgan fingerprint density at radius 1 is 1.58 bits per heavy atom. The van der Waals surface area contributed by atoms with Gasteiger partial charge >= 0.3 is 0 Å². The van der Waals surface area contributed by atoms with Gasteiger partial charge in [0.2, 0.25) is 0 Å². The molecule has 0 aliphatic heterocycles. The molecule has 0 aliphatic carbocycles. The van der Waals surface area contributed by atoms with E-state index in [4.69, 9.17) is 5.26 Å². The lowest BCUT2D eigenvalue weighted by atomic mass is 10.1. The van der Waals surface area contributed by atoms with Crippen molar-refractivity contribution in [2.24, 2.45) is 0 Å². The van der Waals surface area contributed by atoms with Crippen molar-refractivity contribution in [3.63, 3.8) is 0 Å². The molecule has 1 aromatic carbocycles. The summed E-state index contributed by atoms with van der Waals surface area (Å²) >= 11 is 0. The highest BCUT2D eigenvalue weighted by Gasteiger charge is 1.92. The lowest BCUT2D eigenvalue weighted by Crippen LogP contribution is -2.26. The average Bonchev–Trinajstić information content (AvgIpc) is 2.05. The molecule has 0 fully saturated rings. The summed E-state index contributed by atoms with van der Waals surface area (Å²) in [6.07, 6.45) is 2.46. The van der Waals surface area contributed by atoms with Crippen LogP contribution in [0.4, 0.5) is 0 Å². The Balaban J connectivity index is 3.42. The van der Waals surface area contributed by atoms with Crippen LogP contribution in [0.2, 0.25) is 0 Å². The van der Waals surface area contributed by atoms with E-state index in [2.05, 4.69) is 12.6 Å². The lowest BCUT2D eigenvalue weighted by molar-refractivity contribution is 1.22. The molecule has 0 unspecified atom stereocenters. The summed E-state index contributed by atoms with van der Waals surface area (Å²) in [4.78, 5) is 0. The van der Waals surface area contributed by atoms with Crippen molar-refractivity contribution >= 4 is 12.7 Å². The van der Waals surface area contributed by atoms with Crippen LogP contribution in [0.3, 0.4) is 0 Å². The van der Waals surface area contributed by atoms with Crippen LogP contribution in [0.5, 0.6) is 0 Å². The first kappa shape index (κ1) is 8.55. The van der Waals surface area contributed by atoms with Gasteiger partial charge in [0.1, 0.15) is 0 Å². The molecule has 0 bridgehead atoms. The molecule has 0 spiro atoms. The van der Waals surface area contributed by atoms with Crippen molar-refractivity contribution in [3.05, 3.63) is 34.2 Å². The maximum absolute atomic E-state index is 8.55. The molecule has 1 rings (SSSR count). The minimum Gasteiger partial charge on any atom is -0.198 e. The van der Waals surface area contributed by atoms with Crippen molar-refractivity contribution in [3.8, 4) is 6.07 Å². The van der Waals surface area contributed by atoms with Gasteiger partial charge in [0.25, 0.3) is 0 Å². The lowest BCUT2D eigenvalue weighted by Gasteiger charge is -1.95. The van der Waals surface area contributed by atoms with E-state index in [0.717, 1.165) is 16.0 Å². The van der Waals surface area contributed by atoms with Crippen LogP contribution in [-0.4, -0.2) is 0 Å². The molecule has 0 amide bonds. The predicted octanol–water partition coefficient (Wildman–Crippen LogP) is 0.963. The highest BCUT2D eigenvalue weighted by Crippen LogP contribution is 1.88. The summed E-state index contributed by atoms with van der Waals surface area (Å²) in [5.74, 6) is 0. The molecule has 1 aromatic rings. The second kappa shape index (κ2) is 3.73. The van der Waals surface area contributed by atoms with Gasteiger partial charge in [-0.2, -0.15) is 5.26 Å². The summed E-state index contributed by atoms with van der Waals surface area (Å²) in [6.45, 7) is 5.86. The maximum Gasteiger partial charge on any atom is 0.0669 e. The van der Waals surface area contributed by atoms with Crippen LogP contribution in [0.15, 0.2) is 18.2 Å². The number of rotatable bonds is 1. The Hall–Kier alpha value is -1.55. The van der Waals surface area contributed by atoms with Gasteiger partial charge in [0, 0.05) is 0 Å². The molecule has 12 heavy (non-hydrogen) atoms. The van der Waals surface area contributed by atoms with Gasteiger partial charge in [-0.15, -0.1) is 0 Å². The number of hydrogen-bond donors (Lipinski definition) is 0. The molecule has 0 atom stereocenters. The molecule has 0 N–H and O–H groups in total. The Kier molecular flexibility index (Phi) is 2.66. The zero-order valence-corrected chi connectivity index (χ0v) is 7.17. The summed E-state index contributed by atoms with van der Waals surface area (Å²) in [6, 6.07) is 7.99. The number of nitrogens with zero attached hydrogens (tertiary/aromatic N) is 1. The van der Waals surface area contributed by atoms with Crippen molar-refractivity contribution in [2.75, 3.05) is 0 Å². The van der Waals surface area contributed by atoms with Crippen LogP contribution >= 0.6 is 0 Å². The highest BCUT2D eigenvalue weighted by molar-refractivity contribution is 5.32. The summed E-state index contributed by atoms with van der Waals surface area (Å²) in [7, 11) is 0. The van der Waals surface area contributed by atoms with Gasteiger partial charge in [-0.1, -0.05) is 30.9 Å². The molecule has 0 radical (unpaired) electrons. The van der Waals surface area contributed by atoms with Crippen molar-refractivity contribution in [2.45, 2.75) is 13.3 Å². The first-order chi connectivity index (χ1) is 5.79. The van der Waals surface area contributed by atoms with Crippen LogP contribution in [0.25, 0.3) is 12.7 Å². The van der Waals surface area contributed by atoms with Gasteiger partial charge in [-0.05, 0) is 22.9 Å². The number of hydrogen-bond acceptors (Lipinski definition) is 1. The molecule has 1 nitrogen and oxygen atoms in total. The van der Waals surface area contributed by atoms with Crippen LogP contribution in [0.1, 0.15) is 12.5 Å². The van der Waals surface area contributed by atoms with Crippen LogP contribution in [-0.2, 0) is 6.42 Å². The minimum absolute atomic E-state index is 0.461. The van der Waals surface area contributed by atoms with Gasteiger partial charge < -0.3 is 0 Å². The largest absolute Gasteiger partial charge is 0.198 e. The van der Waals surface area contributed by atoms with Gasteiger partial charge in [-0.25, -0.2) is 0 Å². The molecular weight excluding hydrogens is 146 g/mol. The summed E-state index contributed by atoms with van der Waals surface area (Å²) in [5.41, 5.74) is 1.06. The van der Waals surface area contributed by atoms with Crippen molar-refractivity contribution in [1.29, 1.82) is 5.26 Å². The first-order valence-electron chi connectivity index (χ1n) is 3.89. The van der Waals surface area contributed by atoms with Gasteiger partial charge in [0.05, 0.1) is 12.5 Å². The maximum atomic E-state index is 8.55. The van der Waals surface area contributed by atoms with Crippen molar-refractivity contribution < 1.29 is 0 Å². The quantitative estimate of drug-likeness (QED) is 0.595. The summed E-state index contributed by atoms with van der Waals surface area (Å²) in [5, 5.41) is 10.6. The zero-order chi connectivity index (χ0) is 8.97. The van der Waals surface area contributed by atoms with E-state index in [0.29, 0.717) is 6.42 Å². The van der Waals surface area contributed by atoms with Gasteiger partial charge in [-0.3, -0.25) is 0 Å². The monoisotopic (exact) mass is 157 g/mol. The Labute approximate surface area is 72.3 Å².